The molecular weight excluding hydrogens is 260 g/mol. The van der Waals surface area contributed by atoms with Crippen LogP contribution in [0.5, 0.6) is 0 Å². The monoisotopic (exact) mass is 282 g/mol. The van der Waals surface area contributed by atoms with E-state index in [2.05, 4.69) is 44.7 Å². The maximum Gasteiger partial charge on any atom is 0.0769 e. The van der Waals surface area contributed by atoms with Crippen LogP contribution in [0.15, 0.2) is 42.6 Å². The minimum Gasteiger partial charge on any atom is -0.372 e. The molecule has 21 heavy (non-hydrogen) atoms. The summed E-state index contributed by atoms with van der Waals surface area (Å²) in [6.07, 6.45) is 5.71. The summed E-state index contributed by atoms with van der Waals surface area (Å²) in [4.78, 5) is 2.49. The van der Waals surface area contributed by atoms with Crippen molar-refractivity contribution in [2.45, 2.75) is 32.4 Å². The first-order chi connectivity index (χ1) is 10.4. The van der Waals surface area contributed by atoms with Crippen molar-refractivity contribution in [2.75, 3.05) is 18.0 Å². The van der Waals surface area contributed by atoms with Crippen molar-refractivity contribution in [2.24, 2.45) is 0 Å². The Morgan fingerprint density at radius 3 is 2.48 bits per heavy atom. The first kappa shape index (κ1) is 14.0. The molecule has 4 nitrogen and oxygen atoms in total. The van der Waals surface area contributed by atoms with Crippen molar-refractivity contribution >= 4 is 5.69 Å². The van der Waals surface area contributed by atoms with Crippen LogP contribution in [0.25, 0.3) is 0 Å². The molecule has 0 amide bonds. The van der Waals surface area contributed by atoms with E-state index in [4.69, 9.17) is 0 Å². The second kappa shape index (κ2) is 7.18. The largest absolute Gasteiger partial charge is 0.372 e. The predicted molar refractivity (Wildman–Crippen MR) is 85.1 cm³/mol. The zero-order valence-electron chi connectivity index (χ0n) is 12.3. The lowest BCUT2D eigenvalue weighted by Gasteiger charge is -2.28. The van der Waals surface area contributed by atoms with Crippen molar-refractivity contribution in [3.8, 4) is 0 Å². The standard InChI is InChI=1S/C17H22N4/c1-2-11-21(12-3-1)17-8-6-15(7-9-17)13-18-14-16-5-4-10-19-20-16/h4-10,18H,1-3,11-14H2. The highest BCUT2D eigenvalue weighted by molar-refractivity contribution is 5.47. The lowest BCUT2D eigenvalue weighted by Crippen LogP contribution is -2.29. The third kappa shape index (κ3) is 4.02. The molecular formula is C17H22N4. The summed E-state index contributed by atoms with van der Waals surface area (Å²) in [5, 5.41) is 11.3. The lowest BCUT2D eigenvalue weighted by atomic mass is 10.1. The zero-order valence-corrected chi connectivity index (χ0v) is 12.3. The third-order valence-electron chi connectivity index (χ3n) is 3.92. The van der Waals surface area contributed by atoms with Gasteiger partial charge in [0.25, 0.3) is 0 Å². The predicted octanol–water partition coefficient (Wildman–Crippen LogP) is 2.76. The minimum atomic E-state index is 0.752. The molecule has 0 unspecified atom stereocenters. The van der Waals surface area contributed by atoms with Gasteiger partial charge in [-0.25, -0.2) is 0 Å². The van der Waals surface area contributed by atoms with Gasteiger partial charge in [0.05, 0.1) is 5.69 Å². The van der Waals surface area contributed by atoms with E-state index in [9.17, 15) is 0 Å². The molecule has 0 atom stereocenters. The van der Waals surface area contributed by atoms with Gasteiger partial charge >= 0.3 is 0 Å². The zero-order chi connectivity index (χ0) is 14.3. The van der Waals surface area contributed by atoms with E-state index in [-0.39, 0.29) is 0 Å². The first-order valence-electron chi connectivity index (χ1n) is 7.73. The smallest absolute Gasteiger partial charge is 0.0769 e. The second-order valence-corrected chi connectivity index (χ2v) is 5.53. The fourth-order valence-corrected chi connectivity index (χ4v) is 2.74. The normalized spacial score (nSPS) is 15.1. The Labute approximate surface area is 126 Å². The maximum absolute atomic E-state index is 4.07. The Morgan fingerprint density at radius 2 is 1.76 bits per heavy atom. The van der Waals surface area contributed by atoms with Gasteiger partial charge in [-0.05, 0) is 49.1 Å². The number of aromatic nitrogens is 2. The van der Waals surface area contributed by atoms with Crippen LogP contribution in [0.3, 0.4) is 0 Å². The molecule has 3 rings (SSSR count). The number of rotatable bonds is 5. The number of benzene rings is 1. The Bertz CT molecular complexity index is 532. The molecule has 2 heterocycles. The highest BCUT2D eigenvalue weighted by Gasteiger charge is 2.10. The van der Waals surface area contributed by atoms with Gasteiger partial charge in [0.2, 0.25) is 0 Å². The number of nitrogens with one attached hydrogen (secondary N) is 1. The first-order valence-corrected chi connectivity index (χ1v) is 7.73. The van der Waals surface area contributed by atoms with Gasteiger partial charge in [-0.2, -0.15) is 10.2 Å². The van der Waals surface area contributed by atoms with Crippen molar-refractivity contribution in [1.29, 1.82) is 0 Å². The molecule has 0 saturated carbocycles. The van der Waals surface area contributed by atoms with E-state index in [0.717, 1.165) is 18.8 Å². The van der Waals surface area contributed by atoms with Crippen LogP contribution in [0.4, 0.5) is 5.69 Å². The van der Waals surface area contributed by atoms with E-state index < -0.39 is 0 Å². The molecule has 1 saturated heterocycles. The molecule has 1 aliphatic heterocycles. The van der Waals surface area contributed by atoms with E-state index in [1.54, 1.807) is 6.20 Å². The van der Waals surface area contributed by atoms with Crippen LogP contribution in [0.2, 0.25) is 0 Å². The van der Waals surface area contributed by atoms with Crippen LogP contribution >= 0.6 is 0 Å². The second-order valence-electron chi connectivity index (χ2n) is 5.53. The molecule has 1 aromatic carbocycles. The summed E-state index contributed by atoms with van der Waals surface area (Å²) >= 11 is 0. The van der Waals surface area contributed by atoms with Crippen molar-refractivity contribution < 1.29 is 0 Å². The highest BCUT2D eigenvalue weighted by Crippen LogP contribution is 2.20. The number of nitrogens with zero attached hydrogens (tertiary/aromatic N) is 3. The van der Waals surface area contributed by atoms with E-state index in [1.807, 2.05) is 12.1 Å². The number of piperidine rings is 1. The lowest BCUT2D eigenvalue weighted by molar-refractivity contribution is 0.577. The molecule has 1 aromatic heterocycles. The van der Waals surface area contributed by atoms with Gasteiger partial charge in [-0.3, -0.25) is 0 Å². The van der Waals surface area contributed by atoms with Crippen LogP contribution in [-0.2, 0) is 13.1 Å². The molecule has 0 aliphatic carbocycles. The van der Waals surface area contributed by atoms with Crippen molar-refractivity contribution in [3.05, 3.63) is 53.9 Å². The van der Waals surface area contributed by atoms with E-state index in [0.29, 0.717) is 0 Å². The van der Waals surface area contributed by atoms with Gasteiger partial charge in [-0.15, -0.1) is 0 Å². The average molecular weight is 282 g/mol. The molecule has 1 aliphatic rings. The summed E-state index contributed by atoms with van der Waals surface area (Å²) in [6.45, 7) is 4.01. The molecule has 2 aromatic rings. The van der Waals surface area contributed by atoms with Gasteiger partial charge in [0.1, 0.15) is 0 Å². The summed E-state index contributed by atoms with van der Waals surface area (Å²) in [6, 6.07) is 12.8. The average Bonchev–Trinajstić information content (AvgIpc) is 2.57. The van der Waals surface area contributed by atoms with Gasteiger partial charge < -0.3 is 10.2 Å². The summed E-state index contributed by atoms with van der Waals surface area (Å²) < 4.78 is 0. The summed E-state index contributed by atoms with van der Waals surface area (Å²) in [5.74, 6) is 0. The summed E-state index contributed by atoms with van der Waals surface area (Å²) in [5.41, 5.74) is 3.63. The van der Waals surface area contributed by atoms with Gasteiger partial charge in [0.15, 0.2) is 0 Å². The molecule has 0 spiro atoms. The van der Waals surface area contributed by atoms with E-state index >= 15 is 0 Å². The maximum atomic E-state index is 4.07. The number of hydrogen-bond acceptors (Lipinski definition) is 4. The molecule has 4 heteroatoms. The molecule has 1 N–H and O–H groups in total. The molecule has 0 radical (unpaired) electrons. The Hall–Kier alpha value is -1.94. The Balaban J connectivity index is 1.50. The van der Waals surface area contributed by atoms with Crippen LogP contribution < -0.4 is 10.2 Å². The Kier molecular flexibility index (Phi) is 4.79. The third-order valence-corrected chi connectivity index (χ3v) is 3.92. The van der Waals surface area contributed by atoms with Crippen molar-refractivity contribution in [1.82, 2.24) is 15.5 Å². The van der Waals surface area contributed by atoms with Gasteiger partial charge in [0, 0.05) is 38.1 Å². The topological polar surface area (TPSA) is 41.1 Å². The molecule has 0 bridgehead atoms. The quantitative estimate of drug-likeness (QED) is 0.915. The van der Waals surface area contributed by atoms with Crippen molar-refractivity contribution in [3.63, 3.8) is 0 Å². The Morgan fingerprint density at radius 1 is 0.952 bits per heavy atom. The van der Waals surface area contributed by atoms with Crippen LogP contribution in [0, 0.1) is 0 Å². The highest BCUT2D eigenvalue weighted by atomic mass is 15.1. The minimum absolute atomic E-state index is 0.752. The molecule has 1 fully saturated rings. The van der Waals surface area contributed by atoms with Crippen LogP contribution in [0.1, 0.15) is 30.5 Å². The fourth-order valence-electron chi connectivity index (χ4n) is 2.74. The van der Waals surface area contributed by atoms with Gasteiger partial charge in [-0.1, -0.05) is 12.1 Å². The fraction of sp³-hybridized carbons (Fsp3) is 0.412. The summed E-state index contributed by atoms with van der Waals surface area (Å²) in [7, 11) is 0. The van der Waals surface area contributed by atoms with Crippen LogP contribution in [-0.4, -0.2) is 23.3 Å². The number of hydrogen-bond donors (Lipinski definition) is 1. The number of anilines is 1. The SMILES string of the molecule is c1cnnc(CNCc2ccc(N3CCCCC3)cc2)c1. The molecule has 110 valence electrons. The van der Waals surface area contributed by atoms with E-state index in [1.165, 1.54) is 43.6 Å².